The zero-order valence-corrected chi connectivity index (χ0v) is 9.20. The van der Waals surface area contributed by atoms with Gasteiger partial charge in [-0.25, -0.2) is 13.4 Å². The first-order chi connectivity index (χ1) is 5.92. The summed E-state index contributed by atoms with van der Waals surface area (Å²) in [5.74, 6) is -0.0120. The maximum absolute atomic E-state index is 10.9. The van der Waals surface area contributed by atoms with Gasteiger partial charge in [0.2, 0.25) is 0 Å². The van der Waals surface area contributed by atoms with Crippen molar-refractivity contribution in [1.82, 2.24) is 4.98 Å². The highest BCUT2D eigenvalue weighted by Gasteiger charge is 2.10. The monoisotopic (exact) mass is 215 g/mol. The SMILES string of the molecule is [B]c1sc(CS(C)(=O)=O)nc1CC. The molecule has 0 fully saturated rings. The van der Waals surface area contributed by atoms with Gasteiger partial charge >= 0.3 is 0 Å². The summed E-state index contributed by atoms with van der Waals surface area (Å²) in [5.41, 5.74) is 0.795. The molecule has 70 valence electrons. The van der Waals surface area contributed by atoms with Crippen LogP contribution in [-0.2, 0) is 22.0 Å². The first-order valence-electron chi connectivity index (χ1n) is 3.84. The Morgan fingerprint density at radius 3 is 2.54 bits per heavy atom. The standard InChI is InChI=1S/C7H10BNO2S2/c1-3-5-7(8)12-6(9-5)4-13(2,10)11/h3-4H2,1-2H3. The number of rotatable bonds is 3. The molecule has 0 aromatic carbocycles. The summed E-state index contributed by atoms with van der Waals surface area (Å²) in [7, 11) is 2.64. The highest BCUT2D eigenvalue weighted by atomic mass is 32.2. The van der Waals surface area contributed by atoms with Gasteiger partial charge in [-0.2, -0.15) is 0 Å². The van der Waals surface area contributed by atoms with Gasteiger partial charge in [-0.05, 0) is 11.2 Å². The molecular weight excluding hydrogens is 205 g/mol. The minimum Gasteiger partial charge on any atom is -0.246 e. The lowest BCUT2D eigenvalue weighted by molar-refractivity contribution is 0.601. The van der Waals surface area contributed by atoms with E-state index in [1.165, 1.54) is 17.6 Å². The highest BCUT2D eigenvalue weighted by molar-refractivity contribution is 7.90. The van der Waals surface area contributed by atoms with Crippen molar-refractivity contribution in [3.8, 4) is 0 Å². The molecule has 3 nitrogen and oxygen atoms in total. The van der Waals surface area contributed by atoms with Crippen LogP contribution in [0.25, 0.3) is 0 Å². The van der Waals surface area contributed by atoms with Crippen LogP contribution in [0.4, 0.5) is 0 Å². The molecule has 0 aliphatic heterocycles. The van der Waals surface area contributed by atoms with E-state index in [9.17, 15) is 8.42 Å². The van der Waals surface area contributed by atoms with Gasteiger partial charge in [0.15, 0.2) is 9.84 Å². The Kier molecular flexibility index (Phi) is 3.13. The van der Waals surface area contributed by atoms with Crippen LogP contribution in [0, 0.1) is 0 Å². The van der Waals surface area contributed by atoms with Gasteiger partial charge in [-0.15, -0.1) is 11.3 Å². The first kappa shape index (κ1) is 10.7. The lowest BCUT2D eigenvalue weighted by Gasteiger charge is -1.91. The van der Waals surface area contributed by atoms with Crippen LogP contribution in [-0.4, -0.2) is 27.5 Å². The summed E-state index contributed by atoms with van der Waals surface area (Å²) in [6.45, 7) is 1.94. The largest absolute Gasteiger partial charge is 0.246 e. The summed E-state index contributed by atoms with van der Waals surface area (Å²) in [4.78, 5) is 4.13. The van der Waals surface area contributed by atoms with Gasteiger partial charge in [-0.1, -0.05) is 6.92 Å². The van der Waals surface area contributed by atoms with Crippen molar-refractivity contribution in [3.63, 3.8) is 0 Å². The Labute approximate surface area is 83.5 Å². The number of sulfone groups is 1. The molecule has 0 atom stereocenters. The zero-order valence-electron chi connectivity index (χ0n) is 7.57. The van der Waals surface area contributed by atoms with Gasteiger partial charge in [0.25, 0.3) is 0 Å². The van der Waals surface area contributed by atoms with Gasteiger partial charge in [0, 0.05) is 11.9 Å². The third-order valence-electron chi connectivity index (χ3n) is 1.49. The van der Waals surface area contributed by atoms with Crippen LogP contribution in [0.15, 0.2) is 0 Å². The second-order valence-corrected chi connectivity index (χ2v) is 6.10. The van der Waals surface area contributed by atoms with E-state index in [1.807, 2.05) is 6.92 Å². The minimum absolute atomic E-state index is 0.0120. The molecule has 0 aliphatic rings. The van der Waals surface area contributed by atoms with Crippen LogP contribution >= 0.6 is 11.3 Å². The van der Waals surface area contributed by atoms with E-state index in [2.05, 4.69) is 4.98 Å². The molecule has 1 aromatic rings. The predicted octanol–water partition coefficient (Wildman–Crippen LogP) is 0.0439. The van der Waals surface area contributed by atoms with Crippen molar-refractivity contribution in [2.24, 2.45) is 0 Å². The average Bonchev–Trinajstić information content (AvgIpc) is 2.26. The molecule has 1 rings (SSSR count). The van der Waals surface area contributed by atoms with Crippen LogP contribution in [0.2, 0.25) is 0 Å². The summed E-state index contributed by atoms with van der Waals surface area (Å²) in [6.07, 6.45) is 1.93. The van der Waals surface area contributed by atoms with Gasteiger partial charge < -0.3 is 0 Å². The van der Waals surface area contributed by atoms with Crippen molar-refractivity contribution in [2.75, 3.05) is 6.26 Å². The molecule has 1 aromatic heterocycles. The molecule has 13 heavy (non-hydrogen) atoms. The Bertz CT molecular complexity index is 397. The van der Waals surface area contributed by atoms with Crippen molar-refractivity contribution < 1.29 is 8.42 Å². The summed E-state index contributed by atoms with van der Waals surface area (Å²) in [6, 6.07) is 0. The van der Waals surface area contributed by atoms with E-state index in [4.69, 9.17) is 7.85 Å². The van der Waals surface area contributed by atoms with Crippen molar-refractivity contribution >= 4 is 33.8 Å². The Morgan fingerprint density at radius 2 is 2.15 bits per heavy atom. The van der Waals surface area contributed by atoms with Gasteiger partial charge in [-0.3, -0.25) is 0 Å². The fourth-order valence-corrected chi connectivity index (χ4v) is 3.06. The number of hydrogen-bond donors (Lipinski definition) is 0. The van der Waals surface area contributed by atoms with Crippen LogP contribution in [0.1, 0.15) is 17.6 Å². The highest BCUT2D eigenvalue weighted by Crippen LogP contribution is 2.09. The second-order valence-electron chi connectivity index (χ2n) is 2.84. The number of aromatic nitrogens is 1. The van der Waals surface area contributed by atoms with Crippen molar-refractivity contribution in [3.05, 3.63) is 10.7 Å². The number of aryl methyl sites for hydroxylation is 1. The van der Waals surface area contributed by atoms with Crippen LogP contribution < -0.4 is 4.78 Å². The smallest absolute Gasteiger partial charge is 0.153 e. The van der Waals surface area contributed by atoms with E-state index in [-0.39, 0.29) is 5.75 Å². The Balaban J connectivity index is 2.92. The third kappa shape index (κ3) is 3.12. The maximum Gasteiger partial charge on any atom is 0.153 e. The topological polar surface area (TPSA) is 47.0 Å². The molecule has 0 unspecified atom stereocenters. The van der Waals surface area contributed by atoms with Gasteiger partial charge in [0.1, 0.15) is 18.6 Å². The first-order valence-corrected chi connectivity index (χ1v) is 6.72. The summed E-state index contributed by atoms with van der Waals surface area (Å²) < 4.78 is 22.5. The van der Waals surface area contributed by atoms with E-state index in [0.29, 0.717) is 9.78 Å². The number of thiazole rings is 1. The van der Waals surface area contributed by atoms with E-state index in [1.54, 1.807) is 0 Å². The van der Waals surface area contributed by atoms with Crippen LogP contribution in [0.3, 0.4) is 0 Å². The van der Waals surface area contributed by atoms with Crippen molar-refractivity contribution in [1.29, 1.82) is 0 Å². The normalized spacial score (nSPS) is 11.8. The average molecular weight is 215 g/mol. The molecule has 0 N–H and O–H groups in total. The zero-order chi connectivity index (χ0) is 10.1. The molecule has 6 heteroatoms. The lowest BCUT2D eigenvalue weighted by atomic mass is 10.1. The van der Waals surface area contributed by atoms with E-state index >= 15 is 0 Å². The fourth-order valence-electron chi connectivity index (χ4n) is 0.954. The molecule has 0 amide bonds. The molecule has 0 bridgehead atoms. The Morgan fingerprint density at radius 1 is 1.54 bits per heavy atom. The predicted molar refractivity (Wildman–Crippen MR) is 55.4 cm³/mol. The minimum atomic E-state index is -3.00. The molecule has 1 heterocycles. The summed E-state index contributed by atoms with van der Waals surface area (Å²) in [5, 5.41) is 0.580. The molecule has 2 radical (unpaired) electrons. The second kappa shape index (κ2) is 3.80. The molecule has 0 saturated heterocycles. The van der Waals surface area contributed by atoms with Crippen LogP contribution in [0.5, 0.6) is 0 Å². The van der Waals surface area contributed by atoms with E-state index < -0.39 is 9.84 Å². The Hall–Kier alpha value is -0.355. The van der Waals surface area contributed by atoms with Gasteiger partial charge in [0.05, 0.1) is 0 Å². The lowest BCUT2D eigenvalue weighted by Crippen LogP contribution is -2.02. The molecule has 0 spiro atoms. The molecule has 0 saturated carbocycles. The quantitative estimate of drug-likeness (QED) is 0.669. The molecule has 0 aliphatic carbocycles. The third-order valence-corrected chi connectivity index (χ3v) is 3.40. The number of hydrogen-bond acceptors (Lipinski definition) is 4. The number of nitrogens with zero attached hydrogens (tertiary/aromatic N) is 1. The van der Waals surface area contributed by atoms with Crippen molar-refractivity contribution in [2.45, 2.75) is 19.1 Å². The van der Waals surface area contributed by atoms with E-state index in [0.717, 1.165) is 12.1 Å². The summed E-state index contributed by atoms with van der Waals surface area (Å²) >= 11 is 1.25. The fraction of sp³-hybridized carbons (Fsp3) is 0.571. The molecular formula is C7H10BNO2S2. The maximum atomic E-state index is 10.9.